The molecule has 1 fully saturated rings. The first kappa shape index (κ1) is 10.9. The van der Waals surface area contributed by atoms with Crippen LogP contribution in [0.2, 0.25) is 0 Å². The van der Waals surface area contributed by atoms with Crippen LogP contribution in [0.15, 0.2) is 18.7 Å². The molecular weight excluding hydrogens is 230 g/mol. The van der Waals surface area contributed by atoms with Crippen molar-refractivity contribution >= 4 is 17.3 Å². The summed E-state index contributed by atoms with van der Waals surface area (Å²) >= 11 is 0. The van der Waals surface area contributed by atoms with Crippen molar-refractivity contribution in [2.24, 2.45) is 5.73 Å². The van der Waals surface area contributed by atoms with Crippen molar-refractivity contribution < 1.29 is 0 Å². The van der Waals surface area contributed by atoms with E-state index in [2.05, 4.69) is 20.1 Å². The highest BCUT2D eigenvalue weighted by atomic mass is 15.3. The Morgan fingerprint density at radius 3 is 3.11 bits per heavy atom. The lowest BCUT2D eigenvalue weighted by atomic mass is 10.3. The number of rotatable bonds is 5. The maximum absolute atomic E-state index is 7.34. The van der Waals surface area contributed by atoms with E-state index in [-0.39, 0.29) is 5.84 Å². The molecule has 7 nitrogen and oxygen atoms in total. The minimum Gasteiger partial charge on any atom is -0.388 e. The van der Waals surface area contributed by atoms with Gasteiger partial charge < -0.3 is 10.6 Å². The van der Waals surface area contributed by atoms with Crippen LogP contribution >= 0.6 is 0 Å². The zero-order chi connectivity index (χ0) is 12.5. The highest BCUT2D eigenvalue weighted by Gasteiger charge is 2.31. The molecule has 0 aliphatic heterocycles. The van der Waals surface area contributed by atoms with Crippen molar-refractivity contribution in [3.05, 3.63) is 18.7 Å². The molecule has 1 aliphatic carbocycles. The quantitative estimate of drug-likeness (QED) is 0.588. The van der Waals surface area contributed by atoms with E-state index in [0.29, 0.717) is 19.0 Å². The summed E-state index contributed by atoms with van der Waals surface area (Å²) < 4.78 is 1.85. The smallest absolute Gasteiger partial charge is 0.203 e. The molecule has 3 rings (SSSR count). The molecule has 18 heavy (non-hydrogen) atoms. The third-order valence-electron chi connectivity index (χ3n) is 3.08. The molecule has 0 radical (unpaired) electrons. The average Bonchev–Trinajstić information content (AvgIpc) is 3.06. The molecule has 94 valence electrons. The van der Waals surface area contributed by atoms with E-state index in [1.54, 1.807) is 12.5 Å². The maximum atomic E-state index is 7.34. The van der Waals surface area contributed by atoms with Crippen LogP contribution in [0, 0.1) is 5.41 Å². The number of nitrogens with one attached hydrogen (secondary N) is 1. The average molecular weight is 245 g/mol. The zero-order valence-electron chi connectivity index (χ0n) is 9.95. The van der Waals surface area contributed by atoms with Gasteiger partial charge in [-0.05, 0) is 12.8 Å². The van der Waals surface area contributed by atoms with E-state index in [0.717, 1.165) is 24.3 Å². The van der Waals surface area contributed by atoms with Crippen molar-refractivity contribution in [1.82, 2.24) is 19.6 Å². The van der Waals surface area contributed by atoms with Gasteiger partial charge in [0, 0.05) is 31.4 Å². The van der Waals surface area contributed by atoms with Crippen molar-refractivity contribution in [2.75, 3.05) is 11.4 Å². The predicted molar refractivity (Wildman–Crippen MR) is 67.7 cm³/mol. The maximum Gasteiger partial charge on any atom is 0.203 e. The summed E-state index contributed by atoms with van der Waals surface area (Å²) in [7, 11) is 0. The van der Waals surface area contributed by atoms with Crippen LogP contribution in [0.5, 0.6) is 0 Å². The van der Waals surface area contributed by atoms with Gasteiger partial charge in [0.15, 0.2) is 5.82 Å². The van der Waals surface area contributed by atoms with E-state index in [1.165, 1.54) is 0 Å². The van der Waals surface area contributed by atoms with Crippen LogP contribution in [0.1, 0.15) is 19.3 Å². The van der Waals surface area contributed by atoms with Crippen molar-refractivity contribution in [3.8, 4) is 0 Å². The molecule has 3 N–H and O–H groups in total. The number of nitrogens with two attached hydrogens (primary N) is 1. The molecule has 0 atom stereocenters. The minimum absolute atomic E-state index is 0.203. The Balaban J connectivity index is 1.93. The Bertz CT molecular complexity index is 572. The van der Waals surface area contributed by atoms with Crippen molar-refractivity contribution in [1.29, 1.82) is 5.41 Å². The number of nitrogens with zero attached hydrogens (tertiary/aromatic N) is 5. The monoisotopic (exact) mass is 245 g/mol. The Labute approximate surface area is 104 Å². The Kier molecular flexibility index (Phi) is 2.58. The topological polar surface area (TPSA) is 96.2 Å². The van der Waals surface area contributed by atoms with Crippen LogP contribution in [0.4, 0.5) is 5.82 Å². The number of anilines is 1. The fraction of sp³-hybridized carbons (Fsp3) is 0.455. The van der Waals surface area contributed by atoms with E-state index in [4.69, 9.17) is 11.1 Å². The number of aromatic nitrogens is 4. The van der Waals surface area contributed by atoms with Crippen LogP contribution in [0.3, 0.4) is 0 Å². The third-order valence-corrected chi connectivity index (χ3v) is 3.08. The molecule has 0 amide bonds. The van der Waals surface area contributed by atoms with Gasteiger partial charge in [-0.25, -0.2) is 4.98 Å². The number of hydrogen-bond acceptors (Lipinski definition) is 5. The van der Waals surface area contributed by atoms with E-state index >= 15 is 0 Å². The SMILES string of the molecule is N=C(N)CCN(c1nccn2cnnc12)C1CC1. The lowest BCUT2D eigenvalue weighted by molar-refractivity contribution is 0.780. The highest BCUT2D eigenvalue weighted by Crippen LogP contribution is 2.32. The molecule has 2 heterocycles. The van der Waals surface area contributed by atoms with Gasteiger partial charge in [0.05, 0.1) is 5.84 Å². The normalized spacial score (nSPS) is 14.9. The minimum atomic E-state index is 0.203. The number of amidine groups is 1. The summed E-state index contributed by atoms with van der Waals surface area (Å²) in [4.78, 5) is 6.60. The second-order valence-electron chi connectivity index (χ2n) is 4.51. The first-order chi connectivity index (χ1) is 8.75. The van der Waals surface area contributed by atoms with Gasteiger partial charge in [0.25, 0.3) is 0 Å². The number of hydrogen-bond donors (Lipinski definition) is 2. The van der Waals surface area contributed by atoms with Gasteiger partial charge in [-0.1, -0.05) is 0 Å². The summed E-state index contributed by atoms with van der Waals surface area (Å²) in [6.45, 7) is 0.708. The first-order valence-electron chi connectivity index (χ1n) is 5.99. The molecule has 1 aliphatic rings. The fourth-order valence-corrected chi connectivity index (χ4v) is 2.04. The van der Waals surface area contributed by atoms with Crippen LogP contribution in [0.25, 0.3) is 5.65 Å². The number of fused-ring (bicyclic) bond motifs is 1. The van der Waals surface area contributed by atoms with E-state index in [1.807, 2.05) is 10.6 Å². The molecule has 2 aromatic heterocycles. The van der Waals surface area contributed by atoms with Crippen LogP contribution < -0.4 is 10.6 Å². The van der Waals surface area contributed by atoms with Gasteiger partial charge in [0.2, 0.25) is 5.65 Å². The standard InChI is InChI=1S/C11H15N7/c12-9(13)3-5-18(8-1-2-8)10-11-16-15-7-17(11)6-4-14-10/h4,6-8H,1-3,5H2,(H3,12,13). The molecule has 1 saturated carbocycles. The molecule has 2 aromatic rings. The molecular formula is C11H15N7. The molecule has 0 saturated heterocycles. The summed E-state index contributed by atoms with van der Waals surface area (Å²) in [5, 5.41) is 15.3. The van der Waals surface area contributed by atoms with Crippen molar-refractivity contribution in [2.45, 2.75) is 25.3 Å². The van der Waals surface area contributed by atoms with Gasteiger partial charge in [-0.3, -0.25) is 9.81 Å². The van der Waals surface area contributed by atoms with E-state index < -0.39 is 0 Å². The summed E-state index contributed by atoms with van der Waals surface area (Å²) in [5.74, 6) is 1.04. The van der Waals surface area contributed by atoms with Gasteiger partial charge >= 0.3 is 0 Å². The Morgan fingerprint density at radius 1 is 1.56 bits per heavy atom. The molecule has 0 aromatic carbocycles. The van der Waals surface area contributed by atoms with Gasteiger partial charge in [-0.2, -0.15) is 0 Å². The lowest BCUT2D eigenvalue weighted by Gasteiger charge is -2.23. The van der Waals surface area contributed by atoms with Crippen LogP contribution in [-0.4, -0.2) is 38.0 Å². The fourth-order valence-electron chi connectivity index (χ4n) is 2.04. The van der Waals surface area contributed by atoms with Gasteiger partial charge in [0.1, 0.15) is 6.33 Å². The summed E-state index contributed by atoms with van der Waals surface area (Å²) in [5.41, 5.74) is 6.19. The van der Waals surface area contributed by atoms with Crippen LogP contribution in [-0.2, 0) is 0 Å². The van der Waals surface area contributed by atoms with Crippen molar-refractivity contribution in [3.63, 3.8) is 0 Å². The van der Waals surface area contributed by atoms with Gasteiger partial charge in [-0.15, -0.1) is 10.2 Å². The zero-order valence-corrected chi connectivity index (χ0v) is 9.95. The predicted octanol–water partition coefficient (Wildman–Crippen LogP) is 0.419. The van der Waals surface area contributed by atoms with E-state index in [9.17, 15) is 0 Å². The summed E-state index contributed by atoms with van der Waals surface area (Å²) in [6, 6.07) is 0.500. The summed E-state index contributed by atoms with van der Waals surface area (Å²) in [6.07, 6.45) is 8.11. The molecule has 0 spiro atoms. The highest BCUT2D eigenvalue weighted by molar-refractivity contribution is 5.77. The molecule has 0 unspecified atom stereocenters. The second-order valence-corrected chi connectivity index (χ2v) is 4.51. The second kappa shape index (κ2) is 4.25. The third kappa shape index (κ3) is 1.99. The Morgan fingerprint density at radius 2 is 2.39 bits per heavy atom. The largest absolute Gasteiger partial charge is 0.388 e. The first-order valence-corrected chi connectivity index (χ1v) is 5.99. The lowest BCUT2D eigenvalue weighted by Crippen LogP contribution is -2.31. The Hall–Kier alpha value is -2.18. The molecule has 7 heteroatoms. The molecule has 0 bridgehead atoms.